The van der Waals surface area contributed by atoms with Crippen molar-refractivity contribution >= 4 is 58.0 Å². The first kappa shape index (κ1) is 89.9. The second-order valence-electron chi connectivity index (χ2n) is 37.1. The Morgan fingerprint density at radius 1 is 0.107 bits per heavy atom. The van der Waals surface area contributed by atoms with Gasteiger partial charge in [-0.05, 0) is 299 Å². The molecule has 0 spiro atoms. The lowest BCUT2D eigenvalue weighted by Gasteiger charge is -2.03. The van der Waals surface area contributed by atoms with E-state index >= 15 is 0 Å². The first-order valence-corrected chi connectivity index (χ1v) is 49.8. The third kappa shape index (κ3) is 20.7. The molecule has 20 aromatic carbocycles. The Balaban J connectivity index is 0.0000000909. The van der Waals surface area contributed by atoms with Crippen LogP contribution in [-0.4, -0.2) is 0 Å². The first-order valence-electron chi connectivity index (χ1n) is 49.8. The van der Waals surface area contributed by atoms with Crippen molar-refractivity contribution in [3.05, 3.63) is 631 Å². The molecule has 0 aliphatic heterocycles. The van der Waals surface area contributed by atoms with E-state index in [1.54, 1.807) is 0 Å². The molecule has 12 aliphatic rings. The molecular weight excluding hydrogens is 1680 g/mol. The van der Waals surface area contributed by atoms with Crippen LogP contribution < -0.4 is 0 Å². The first-order chi connectivity index (χ1) is 69.5. The van der Waals surface area contributed by atoms with Gasteiger partial charge in [-0.15, -0.1) is 0 Å². The summed E-state index contributed by atoms with van der Waals surface area (Å²) in [5.41, 5.74) is 51.6. The van der Waals surface area contributed by atoms with Gasteiger partial charge in [0.15, 0.2) is 0 Å². The fourth-order valence-corrected chi connectivity index (χ4v) is 21.3. The zero-order valence-corrected chi connectivity index (χ0v) is 79.3. The van der Waals surface area contributed by atoms with Gasteiger partial charge in [0.1, 0.15) is 0 Å². The minimum atomic E-state index is 1.09. The normalized spacial score (nSPS) is 12.9. The molecule has 672 valence electrons. The summed E-state index contributed by atoms with van der Waals surface area (Å²) in [4.78, 5) is 0. The van der Waals surface area contributed by atoms with Crippen LogP contribution in [0.25, 0.3) is 125 Å². The Kier molecular flexibility index (Phi) is 28.0. The molecule has 0 saturated heterocycles. The van der Waals surface area contributed by atoms with Crippen molar-refractivity contribution in [2.45, 2.75) is 77.0 Å². The van der Waals surface area contributed by atoms with Gasteiger partial charge < -0.3 is 0 Å². The molecule has 0 N–H and O–H groups in total. The zero-order valence-electron chi connectivity index (χ0n) is 79.3. The smallest absolute Gasteiger partial charge is 0.00135 e. The van der Waals surface area contributed by atoms with Gasteiger partial charge in [0.2, 0.25) is 0 Å². The molecule has 0 heteroatoms. The highest BCUT2D eigenvalue weighted by Gasteiger charge is 2.23. The Morgan fingerprint density at radius 2 is 0.257 bits per heavy atom. The van der Waals surface area contributed by atoms with Crippen molar-refractivity contribution in [2.24, 2.45) is 0 Å². The number of benzene rings is 20. The fraction of sp³-hybridized carbons (Fsp3) is 0.0857. The lowest BCUT2D eigenvalue weighted by Crippen LogP contribution is -1.83. The van der Waals surface area contributed by atoms with E-state index in [1.807, 2.05) is 0 Å². The Hall–Kier alpha value is -16.6. The number of allylic oxidation sites excluding steroid dienone is 6. The van der Waals surface area contributed by atoms with E-state index in [1.165, 1.54) is 222 Å². The van der Waals surface area contributed by atoms with Gasteiger partial charge in [0, 0.05) is 0 Å². The minimum absolute atomic E-state index is 1.09. The predicted octanol–water partition coefficient (Wildman–Crippen LogP) is 35.4. The van der Waals surface area contributed by atoms with Crippen molar-refractivity contribution in [3.8, 4) is 66.8 Å². The van der Waals surface area contributed by atoms with E-state index < -0.39 is 0 Å². The van der Waals surface area contributed by atoms with Gasteiger partial charge in [-0.2, -0.15) is 0 Å². The Morgan fingerprint density at radius 3 is 0.450 bits per heavy atom. The molecule has 0 amide bonds. The summed E-state index contributed by atoms with van der Waals surface area (Å²) in [6.07, 6.45) is 39.7. The average molecular weight is 1790 g/mol. The lowest BCUT2D eigenvalue weighted by molar-refractivity contribution is 1.26. The Bertz CT molecular complexity index is 6790. The van der Waals surface area contributed by atoms with Gasteiger partial charge in [-0.3, -0.25) is 0 Å². The van der Waals surface area contributed by atoms with E-state index in [0.29, 0.717) is 0 Å². The molecule has 0 heterocycles. The summed E-state index contributed by atoms with van der Waals surface area (Å²) in [6, 6.07) is 164. The van der Waals surface area contributed by atoms with E-state index in [9.17, 15) is 0 Å². The average Bonchev–Trinajstić information content (AvgIpc) is 1.67. The van der Waals surface area contributed by atoms with E-state index in [4.69, 9.17) is 0 Å². The summed E-state index contributed by atoms with van der Waals surface area (Å²) in [5.74, 6) is 0. The molecule has 0 aromatic heterocycles. The molecule has 0 fully saturated rings. The topological polar surface area (TPSA) is 0 Å². The van der Waals surface area contributed by atoms with Crippen LogP contribution in [0.2, 0.25) is 0 Å². The summed E-state index contributed by atoms with van der Waals surface area (Å²) in [5, 5.41) is 5.52. The maximum Gasteiger partial charge on any atom is -0.00135 e. The standard InChI is InChI=1S/8C13H10.4C9H8/c6*1-3-7-12-10(5-1)9-11-6-2-4-8-13(11)12;2*1-2-6-12-10(4-1)8-9-11-5-3-7-13(11)12;4*1-2-5-9-7-3-6-8(9)4-1/h6*1-8H,9H2;2*1-6,8-9H,7H2;4*1-6H,7H2. The summed E-state index contributed by atoms with van der Waals surface area (Å²) < 4.78 is 0. The molecule has 0 unspecified atom stereocenters. The lowest BCUT2D eigenvalue weighted by atomic mass is 10.0. The predicted molar refractivity (Wildman–Crippen MR) is 598 cm³/mol. The molecule has 0 nitrogen and oxygen atoms in total. The summed E-state index contributed by atoms with van der Waals surface area (Å²) in [6.45, 7) is 0. The maximum absolute atomic E-state index is 2.23. The third-order valence-corrected chi connectivity index (χ3v) is 28.4. The highest BCUT2D eigenvalue weighted by molar-refractivity contribution is 5.92. The molecule has 0 saturated carbocycles. The van der Waals surface area contributed by atoms with Crippen LogP contribution in [0.15, 0.2) is 498 Å². The molecule has 32 rings (SSSR count). The number of rotatable bonds is 0. The highest BCUT2D eigenvalue weighted by atomic mass is 14.3. The molecule has 140 heavy (non-hydrogen) atoms. The molecule has 0 radical (unpaired) electrons. The fourth-order valence-electron chi connectivity index (χ4n) is 21.3. The van der Waals surface area contributed by atoms with Crippen LogP contribution in [0.5, 0.6) is 0 Å². The molecule has 0 bridgehead atoms. The van der Waals surface area contributed by atoms with Gasteiger partial charge in [-0.25, -0.2) is 0 Å². The number of hydrogen-bond donors (Lipinski definition) is 0. The van der Waals surface area contributed by atoms with Crippen LogP contribution >= 0.6 is 0 Å². The molecule has 12 aliphatic carbocycles. The number of hydrogen-bond acceptors (Lipinski definition) is 0. The zero-order chi connectivity index (χ0) is 93.8. The number of fused-ring (bicyclic) bond motifs is 28. The van der Waals surface area contributed by atoms with Crippen LogP contribution in [0.4, 0.5) is 0 Å². The molecule has 20 aromatic rings. The monoisotopic (exact) mass is 1790 g/mol. The van der Waals surface area contributed by atoms with Crippen LogP contribution in [0.1, 0.15) is 134 Å². The van der Waals surface area contributed by atoms with Gasteiger partial charge in [-0.1, -0.05) is 534 Å². The molecular formula is C140H112. The molecule has 0 atom stereocenters. The van der Waals surface area contributed by atoms with E-state index in [0.717, 1.165) is 77.0 Å². The van der Waals surface area contributed by atoms with Crippen molar-refractivity contribution in [1.82, 2.24) is 0 Å². The summed E-state index contributed by atoms with van der Waals surface area (Å²) >= 11 is 0. The summed E-state index contributed by atoms with van der Waals surface area (Å²) in [7, 11) is 0. The second kappa shape index (κ2) is 43.6. The van der Waals surface area contributed by atoms with Crippen molar-refractivity contribution in [2.75, 3.05) is 0 Å². The van der Waals surface area contributed by atoms with Crippen molar-refractivity contribution in [1.29, 1.82) is 0 Å². The Labute approximate surface area is 826 Å². The van der Waals surface area contributed by atoms with Crippen molar-refractivity contribution in [3.63, 3.8) is 0 Å². The van der Waals surface area contributed by atoms with E-state index in [2.05, 4.69) is 534 Å². The minimum Gasteiger partial charge on any atom is -0.0795 e. The van der Waals surface area contributed by atoms with Crippen LogP contribution in [0.3, 0.4) is 0 Å². The van der Waals surface area contributed by atoms with Gasteiger partial charge in [0.25, 0.3) is 0 Å². The largest absolute Gasteiger partial charge is 0.0795 e. The highest BCUT2D eigenvalue weighted by Crippen LogP contribution is 2.43. The SMILES string of the molecule is C1=Cc2ccc3ccccc3c2C1.C1=Cc2ccc3ccccc3c2C1.C1=Cc2ccccc2C1.C1=Cc2ccccc2C1.C1=Cc2ccccc2C1.C1=Cc2ccccc2C1.c1ccc2c(c1)Cc1ccccc1-2.c1ccc2c(c1)Cc1ccccc1-2.c1ccc2c(c1)Cc1ccccc1-2.c1ccc2c(c1)Cc1ccccc1-2.c1ccc2c(c1)Cc1ccccc1-2.c1ccc2c(c1)Cc1ccccc1-2. The van der Waals surface area contributed by atoms with Gasteiger partial charge >= 0.3 is 0 Å². The van der Waals surface area contributed by atoms with Crippen LogP contribution in [-0.2, 0) is 77.0 Å². The van der Waals surface area contributed by atoms with Crippen molar-refractivity contribution < 1.29 is 0 Å². The van der Waals surface area contributed by atoms with Crippen LogP contribution in [0, 0.1) is 0 Å². The second-order valence-corrected chi connectivity index (χ2v) is 37.1. The maximum atomic E-state index is 2.23. The third-order valence-electron chi connectivity index (χ3n) is 28.4. The quantitative estimate of drug-likeness (QED) is 0.142. The van der Waals surface area contributed by atoms with E-state index in [-0.39, 0.29) is 0 Å². The van der Waals surface area contributed by atoms with Gasteiger partial charge in [0.05, 0.1) is 0 Å².